The van der Waals surface area contributed by atoms with E-state index in [2.05, 4.69) is 30.7 Å². The Hall–Kier alpha value is -0.0800. The Balaban J connectivity index is 1.72. The molecule has 1 aliphatic carbocycles. The van der Waals surface area contributed by atoms with Crippen LogP contribution in [0.25, 0.3) is 0 Å². The Morgan fingerprint density at radius 2 is 1.69 bits per heavy atom. The molecule has 0 amide bonds. The topological polar surface area (TPSA) is 6.48 Å². The number of hydrogen-bond donors (Lipinski definition) is 0. The van der Waals surface area contributed by atoms with Crippen LogP contribution in [0, 0.1) is 11.3 Å². The van der Waals surface area contributed by atoms with Gasteiger partial charge in [-0.15, -0.1) is 0 Å². The third-order valence-electron chi connectivity index (χ3n) is 3.79. The van der Waals surface area contributed by atoms with Crippen molar-refractivity contribution >= 4 is 0 Å². The highest BCUT2D eigenvalue weighted by molar-refractivity contribution is 4.96. The van der Waals surface area contributed by atoms with Crippen molar-refractivity contribution in [3.63, 3.8) is 0 Å². The number of likely N-dealkylation sites (N-methyl/N-ethyl adjacent to an activating group) is 1. The van der Waals surface area contributed by atoms with Crippen LogP contribution in [-0.4, -0.2) is 49.6 Å². The van der Waals surface area contributed by atoms with E-state index in [0.29, 0.717) is 5.41 Å². The predicted octanol–water partition coefficient (Wildman–Crippen LogP) is 1.28. The van der Waals surface area contributed by atoms with Crippen LogP contribution in [0.2, 0.25) is 0 Å². The first-order valence-electron chi connectivity index (χ1n) is 5.49. The Bertz CT molecular complexity index is 181. The van der Waals surface area contributed by atoms with Gasteiger partial charge in [-0.3, -0.25) is 0 Å². The van der Waals surface area contributed by atoms with Crippen molar-refractivity contribution in [2.24, 2.45) is 11.3 Å². The SMILES string of the molecule is CN1CCN(CC2CC2(C)C)CC1. The van der Waals surface area contributed by atoms with Gasteiger partial charge in [0.05, 0.1) is 0 Å². The van der Waals surface area contributed by atoms with Gasteiger partial charge in [0, 0.05) is 32.7 Å². The second-order valence-corrected chi connectivity index (χ2v) is 5.49. The maximum absolute atomic E-state index is 2.64. The van der Waals surface area contributed by atoms with E-state index in [-0.39, 0.29) is 0 Å². The van der Waals surface area contributed by atoms with Gasteiger partial charge < -0.3 is 9.80 Å². The van der Waals surface area contributed by atoms with E-state index in [9.17, 15) is 0 Å². The zero-order valence-corrected chi connectivity index (χ0v) is 9.21. The molecular weight excluding hydrogens is 160 g/mol. The molecule has 2 aliphatic rings. The van der Waals surface area contributed by atoms with Crippen LogP contribution in [-0.2, 0) is 0 Å². The lowest BCUT2D eigenvalue weighted by molar-refractivity contribution is 0.145. The normalized spacial score (nSPS) is 34.8. The molecule has 0 aromatic rings. The molecule has 1 atom stereocenters. The third kappa shape index (κ3) is 2.23. The van der Waals surface area contributed by atoms with E-state index in [1.165, 1.54) is 39.1 Å². The molecule has 2 heteroatoms. The number of hydrogen-bond acceptors (Lipinski definition) is 2. The Morgan fingerprint density at radius 1 is 1.15 bits per heavy atom. The molecule has 0 bridgehead atoms. The summed E-state index contributed by atoms with van der Waals surface area (Å²) in [5.41, 5.74) is 0.656. The summed E-state index contributed by atoms with van der Waals surface area (Å²) >= 11 is 0. The van der Waals surface area contributed by atoms with Crippen LogP contribution < -0.4 is 0 Å². The largest absolute Gasteiger partial charge is 0.304 e. The minimum Gasteiger partial charge on any atom is -0.304 e. The van der Waals surface area contributed by atoms with Crippen molar-refractivity contribution in [2.75, 3.05) is 39.8 Å². The van der Waals surface area contributed by atoms with Gasteiger partial charge in [0.15, 0.2) is 0 Å². The first-order chi connectivity index (χ1) is 6.08. The molecule has 0 N–H and O–H groups in total. The first-order valence-corrected chi connectivity index (χ1v) is 5.49. The van der Waals surface area contributed by atoms with E-state index in [4.69, 9.17) is 0 Å². The molecule has 76 valence electrons. The predicted molar refractivity (Wildman–Crippen MR) is 55.8 cm³/mol. The lowest BCUT2D eigenvalue weighted by atomic mass is 10.1. The van der Waals surface area contributed by atoms with Crippen LogP contribution in [0.4, 0.5) is 0 Å². The van der Waals surface area contributed by atoms with E-state index >= 15 is 0 Å². The van der Waals surface area contributed by atoms with Crippen molar-refractivity contribution < 1.29 is 0 Å². The smallest absolute Gasteiger partial charge is 0.0110 e. The summed E-state index contributed by atoms with van der Waals surface area (Å²) in [6, 6.07) is 0. The van der Waals surface area contributed by atoms with Crippen molar-refractivity contribution in [2.45, 2.75) is 20.3 Å². The maximum atomic E-state index is 2.64. The van der Waals surface area contributed by atoms with Gasteiger partial charge in [-0.2, -0.15) is 0 Å². The molecule has 13 heavy (non-hydrogen) atoms. The van der Waals surface area contributed by atoms with Gasteiger partial charge in [0.1, 0.15) is 0 Å². The highest BCUT2D eigenvalue weighted by Gasteiger charge is 2.45. The van der Waals surface area contributed by atoms with Gasteiger partial charge >= 0.3 is 0 Å². The molecular formula is C11H22N2. The molecule has 0 radical (unpaired) electrons. The molecule has 1 saturated heterocycles. The first kappa shape index (κ1) is 9.47. The van der Waals surface area contributed by atoms with E-state index in [1.54, 1.807) is 0 Å². The molecule has 1 aliphatic heterocycles. The summed E-state index contributed by atoms with van der Waals surface area (Å²) in [6.45, 7) is 11.2. The Labute approximate surface area is 81.9 Å². The van der Waals surface area contributed by atoms with Crippen LogP contribution in [0.3, 0.4) is 0 Å². The fourth-order valence-electron chi connectivity index (χ4n) is 2.23. The van der Waals surface area contributed by atoms with Crippen LogP contribution in [0.5, 0.6) is 0 Å². The second-order valence-electron chi connectivity index (χ2n) is 5.49. The quantitative estimate of drug-likeness (QED) is 0.635. The number of piperazine rings is 1. The number of nitrogens with zero attached hydrogens (tertiary/aromatic N) is 2. The molecule has 1 saturated carbocycles. The van der Waals surface area contributed by atoms with E-state index in [1.807, 2.05) is 0 Å². The Kier molecular flexibility index (Phi) is 2.37. The molecule has 2 nitrogen and oxygen atoms in total. The fraction of sp³-hybridized carbons (Fsp3) is 1.00. The van der Waals surface area contributed by atoms with Crippen molar-refractivity contribution in [1.29, 1.82) is 0 Å². The molecule has 2 fully saturated rings. The molecule has 0 aromatic heterocycles. The zero-order valence-electron chi connectivity index (χ0n) is 9.21. The third-order valence-corrected chi connectivity index (χ3v) is 3.79. The van der Waals surface area contributed by atoms with Gasteiger partial charge in [-0.25, -0.2) is 0 Å². The molecule has 1 heterocycles. The average Bonchev–Trinajstić information content (AvgIpc) is 2.64. The Morgan fingerprint density at radius 3 is 2.15 bits per heavy atom. The van der Waals surface area contributed by atoms with Gasteiger partial charge in [-0.1, -0.05) is 13.8 Å². The summed E-state index contributed by atoms with van der Waals surface area (Å²) in [6.07, 6.45) is 1.44. The standard InChI is InChI=1S/C11H22N2/c1-11(2)8-10(11)9-13-6-4-12(3)5-7-13/h10H,4-9H2,1-3H3. The van der Waals surface area contributed by atoms with Crippen LogP contribution in [0.15, 0.2) is 0 Å². The number of rotatable bonds is 2. The molecule has 2 rings (SSSR count). The van der Waals surface area contributed by atoms with E-state index in [0.717, 1.165) is 5.92 Å². The highest BCUT2D eigenvalue weighted by atomic mass is 15.2. The van der Waals surface area contributed by atoms with Crippen molar-refractivity contribution in [3.8, 4) is 0 Å². The molecule has 1 unspecified atom stereocenters. The lowest BCUT2D eigenvalue weighted by Crippen LogP contribution is -2.45. The minimum atomic E-state index is 0.656. The summed E-state index contributed by atoms with van der Waals surface area (Å²) < 4.78 is 0. The lowest BCUT2D eigenvalue weighted by Gasteiger charge is -2.32. The summed E-state index contributed by atoms with van der Waals surface area (Å²) in [5.74, 6) is 0.982. The monoisotopic (exact) mass is 182 g/mol. The minimum absolute atomic E-state index is 0.656. The van der Waals surface area contributed by atoms with Crippen molar-refractivity contribution in [3.05, 3.63) is 0 Å². The van der Waals surface area contributed by atoms with E-state index < -0.39 is 0 Å². The van der Waals surface area contributed by atoms with Crippen molar-refractivity contribution in [1.82, 2.24) is 9.80 Å². The average molecular weight is 182 g/mol. The second kappa shape index (κ2) is 3.25. The summed E-state index contributed by atoms with van der Waals surface area (Å²) in [7, 11) is 2.22. The summed E-state index contributed by atoms with van der Waals surface area (Å²) in [5, 5.41) is 0. The molecule has 0 aromatic carbocycles. The summed E-state index contributed by atoms with van der Waals surface area (Å²) in [4.78, 5) is 5.06. The zero-order chi connectivity index (χ0) is 9.47. The molecule has 0 spiro atoms. The van der Waals surface area contributed by atoms with Crippen LogP contribution in [0.1, 0.15) is 20.3 Å². The maximum Gasteiger partial charge on any atom is 0.0110 e. The van der Waals surface area contributed by atoms with Gasteiger partial charge in [-0.05, 0) is 24.8 Å². The highest BCUT2D eigenvalue weighted by Crippen LogP contribution is 2.51. The van der Waals surface area contributed by atoms with Gasteiger partial charge in [0.25, 0.3) is 0 Å². The van der Waals surface area contributed by atoms with Crippen LogP contribution >= 0.6 is 0 Å². The van der Waals surface area contributed by atoms with Gasteiger partial charge in [0.2, 0.25) is 0 Å². The fourth-order valence-corrected chi connectivity index (χ4v) is 2.23.